The zero-order valence-corrected chi connectivity index (χ0v) is 16.7. The standard InChI is InChI=1S/C23H29FN4O/c24-18-8-6-14(7-9-18)19-13-26-22(27-19)20-5-2-10-28(20)23(29)17-11-15-3-1-4-16(12-17)21(15)25/h6-9,13,15-17,20-21H,1-5,10-12,25H2,(H,26,27). The number of aromatic amines is 1. The third kappa shape index (κ3) is 3.48. The molecule has 3 atom stereocenters. The first-order valence-electron chi connectivity index (χ1n) is 11.0. The Morgan fingerprint density at radius 1 is 1.10 bits per heavy atom. The predicted molar refractivity (Wildman–Crippen MR) is 109 cm³/mol. The van der Waals surface area contributed by atoms with Gasteiger partial charge in [-0.15, -0.1) is 0 Å². The highest BCUT2D eigenvalue weighted by atomic mass is 19.1. The molecule has 1 aliphatic heterocycles. The topological polar surface area (TPSA) is 75.0 Å². The van der Waals surface area contributed by atoms with Crippen molar-refractivity contribution in [2.45, 2.75) is 57.0 Å². The number of halogens is 1. The van der Waals surface area contributed by atoms with Crippen molar-refractivity contribution in [2.24, 2.45) is 23.5 Å². The summed E-state index contributed by atoms with van der Waals surface area (Å²) in [5.74, 6) is 1.99. The van der Waals surface area contributed by atoms with Crippen molar-refractivity contribution in [2.75, 3.05) is 6.54 Å². The van der Waals surface area contributed by atoms with Crippen molar-refractivity contribution in [1.82, 2.24) is 14.9 Å². The van der Waals surface area contributed by atoms with Gasteiger partial charge in [-0.2, -0.15) is 0 Å². The van der Waals surface area contributed by atoms with Crippen molar-refractivity contribution < 1.29 is 9.18 Å². The van der Waals surface area contributed by atoms with Crippen LogP contribution in [0.25, 0.3) is 11.3 Å². The number of imidazole rings is 1. The summed E-state index contributed by atoms with van der Waals surface area (Å²) in [6.07, 6.45) is 9.21. The van der Waals surface area contributed by atoms with Crippen LogP contribution in [0.4, 0.5) is 4.39 Å². The molecule has 29 heavy (non-hydrogen) atoms. The number of hydrogen-bond acceptors (Lipinski definition) is 3. The fourth-order valence-corrected chi connectivity index (χ4v) is 5.82. The number of nitrogens with one attached hydrogen (secondary N) is 1. The quantitative estimate of drug-likeness (QED) is 0.822. The van der Waals surface area contributed by atoms with E-state index < -0.39 is 0 Å². The molecule has 0 spiro atoms. The minimum atomic E-state index is -0.252. The van der Waals surface area contributed by atoms with E-state index in [9.17, 15) is 9.18 Å². The number of benzene rings is 1. The maximum Gasteiger partial charge on any atom is 0.226 e. The molecule has 3 unspecified atom stereocenters. The number of carbonyl (C=O) groups excluding carboxylic acids is 1. The summed E-state index contributed by atoms with van der Waals surface area (Å²) < 4.78 is 13.2. The Morgan fingerprint density at radius 3 is 2.55 bits per heavy atom. The lowest BCUT2D eigenvalue weighted by atomic mass is 9.65. The molecule has 1 aromatic heterocycles. The molecule has 6 heteroatoms. The Kier molecular flexibility index (Phi) is 4.90. The second-order valence-electron chi connectivity index (χ2n) is 9.08. The van der Waals surface area contributed by atoms with Crippen LogP contribution in [0.2, 0.25) is 0 Å². The highest BCUT2D eigenvalue weighted by Gasteiger charge is 2.43. The number of carbonyl (C=O) groups is 1. The molecule has 5 nitrogen and oxygen atoms in total. The van der Waals surface area contributed by atoms with Crippen LogP contribution in [0, 0.1) is 23.6 Å². The van der Waals surface area contributed by atoms with E-state index in [-0.39, 0.29) is 29.7 Å². The van der Waals surface area contributed by atoms with Gasteiger partial charge in [0, 0.05) is 18.5 Å². The van der Waals surface area contributed by atoms with E-state index in [0.29, 0.717) is 11.8 Å². The largest absolute Gasteiger partial charge is 0.340 e. The molecule has 1 aromatic carbocycles. The van der Waals surface area contributed by atoms with Gasteiger partial charge in [0.15, 0.2) is 0 Å². The second-order valence-corrected chi connectivity index (χ2v) is 9.08. The Morgan fingerprint density at radius 2 is 1.83 bits per heavy atom. The summed E-state index contributed by atoms with van der Waals surface area (Å²) >= 11 is 0. The second kappa shape index (κ2) is 7.56. The minimum absolute atomic E-state index is 0.00661. The minimum Gasteiger partial charge on any atom is -0.340 e. The van der Waals surface area contributed by atoms with Gasteiger partial charge < -0.3 is 15.6 Å². The van der Waals surface area contributed by atoms with Gasteiger partial charge >= 0.3 is 0 Å². The molecule has 2 aromatic rings. The summed E-state index contributed by atoms with van der Waals surface area (Å²) in [5, 5.41) is 0. The monoisotopic (exact) mass is 396 g/mol. The van der Waals surface area contributed by atoms with Crippen molar-refractivity contribution in [3.05, 3.63) is 42.1 Å². The average Bonchev–Trinajstić information content (AvgIpc) is 3.37. The van der Waals surface area contributed by atoms with Gasteiger partial charge in [-0.25, -0.2) is 9.37 Å². The van der Waals surface area contributed by atoms with Gasteiger partial charge in [0.05, 0.1) is 17.9 Å². The average molecular weight is 397 g/mol. The number of fused-ring (bicyclic) bond motifs is 2. The Hall–Kier alpha value is -2.21. The van der Waals surface area contributed by atoms with Gasteiger partial charge in [0.2, 0.25) is 5.91 Å². The van der Waals surface area contributed by atoms with Gasteiger partial charge in [0.1, 0.15) is 11.6 Å². The normalized spacial score (nSPS) is 31.8. The van der Waals surface area contributed by atoms with E-state index >= 15 is 0 Å². The van der Waals surface area contributed by atoms with Crippen LogP contribution in [0.15, 0.2) is 30.5 Å². The number of nitrogens with zero attached hydrogens (tertiary/aromatic N) is 2. The molecule has 2 saturated carbocycles. The third-order valence-electron chi connectivity index (χ3n) is 7.36. The van der Waals surface area contributed by atoms with Crippen LogP contribution < -0.4 is 5.73 Å². The zero-order chi connectivity index (χ0) is 20.0. The van der Waals surface area contributed by atoms with E-state index in [1.807, 2.05) is 4.90 Å². The lowest BCUT2D eigenvalue weighted by Gasteiger charge is -2.44. The van der Waals surface area contributed by atoms with Crippen molar-refractivity contribution in [1.29, 1.82) is 0 Å². The lowest BCUT2D eigenvalue weighted by Crippen LogP contribution is -2.49. The molecule has 3 N–H and O–H groups in total. The molecular formula is C23H29FN4O. The molecule has 2 heterocycles. The van der Waals surface area contributed by atoms with Gasteiger partial charge in [0.25, 0.3) is 0 Å². The molecular weight excluding hydrogens is 367 g/mol. The summed E-state index contributed by atoms with van der Waals surface area (Å²) in [5.41, 5.74) is 8.18. The van der Waals surface area contributed by atoms with Crippen LogP contribution in [-0.2, 0) is 4.79 Å². The third-order valence-corrected chi connectivity index (χ3v) is 7.36. The Balaban J connectivity index is 1.33. The summed E-state index contributed by atoms with van der Waals surface area (Å²) in [6, 6.07) is 6.68. The molecule has 0 radical (unpaired) electrons. The van der Waals surface area contributed by atoms with Crippen molar-refractivity contribution >= 4 is 5.91 Å². The zero-order valence-electron chi connectivity index (χ0n) is 16.7. The Labute approximate surface area is 170 Å². The molecule has 3 aliphatic rings. The lowest BCUT2D eigenvalue weighted by molar-refractivity contribution is -0.139. The smallest absolute Gasteiger partial charge is 0.226 e. The molecule has 3 fully saturated rings. The first-order chi connectivity index (χ1) is 14.1. The molecule has 2 bridgehead atoms. The van der Waals surface area contributed by atoms with Gasteiger partial charge in [-0.1, -0.05) is 6.42 Å². The number of hydrogen-bond donors (Lipinski definition) is 2. The van der Waals surface area contributed by atoms with Crippen LogP contribution in [0.3, 0.4) is 0 Å². The maximum atomic E-state index is 13.4. The number of H-pyrrole nitrogens is 1. The van der Waals surface area contributed by atoms with E-state index in [0.717, 1.165) is 49.3 Å². The van der Waals surface area contributed by atoms with Gasteiger partial charge in [-0.3, -0.25) is 4.79 Å². The first-order valence-corrected chi connectivity index (χ1v) is 11.0. The van der Waals surface area contributed by atoms with Crippen molar-refractivity contribution in [3.8, 4) is 11.3 Å². The Bertz CT molecular complexity index is 865. The molecule has 154 valence electrons. The van der Waals surface area contributed by atoms with E-state index in [1.54, 1.807) is 18.3 Å². The number of amides is 1. The van der Waals surface area contributed by atoms with E-state index in [4.69, 9.17) is 5.73 Å². The van der Waals surface area contributed by atoms with E-state index in [1.165, 1.54) is 31.4 Å². The van der Waals surface area contributed by atoms with Crippen LogP contribution in [0.1, 0.15) is 56.8 Å². The highest BCUT2D eigenvalue weighted by Crippen LogP contribution is 2.44. The van der Waals surface area contributed by atoms with Crippen LogP contribution in [-0.4, -0.2) is 33.4 Å². The fraction of sp³-hybridized carbons (Fsp3) is 0.565. The molecule has 5 rings (SSSR count). The van der Waals surface area contributed by atoms with Crippen molar-refractivity contribution in [3.63, 3.8) is 0 Å². The number of nitrogens with two attached hydrogens (primary N) is 1. The number of rotatable bonds is 3. The van der Waals surface area contributed by atoms with E-state index in [2.05, 4.69) is 9.97 Å². The van der Waals surface area contributed by atoms with Crippen LogP contribution >= 0.6 is 0 Å². The first kappa shape index (κ1) is 18.8. The molecule has 1 amide bonds. The van der Waals surface area contributed by atoms with Crippen LogP contribution in [0.5, 0.6) is 0 Å². The summed E-state index contributed by atoms with van der Waals surface area (Å²) in [4.78, 5) is 23.4. The number of likely N-dealkylation sites (tertiary alicyclic amines) is 1. The molecule has 2 aliphatic carbocycles. The highest BCUT2D eigenvalue weighted by molar-refractivity contribution is 5.79. The summed E-state index contributed by atoms with van der Waals surface area (Å²) in [6.45, 7) is 0.800. The predicted octanol–water partition coefficient (Wildman–Crippen LogP) is 4.03. The maximum absolute atomic E-state index is 13.4. The SMILES string of the molecule is NC1C2CCCC1CC(C(=O)N1CCCC1c1ncc(-c3ccc(F)cc3)[nH]1)C2. The fourth-order valence-electron chi connectivity index (χ4n) is 5.82. The molecule has 1 saturated heterocycles. The summed E-state index contributed by atoms with van der Waals surface area (Å²) in [7, 11) is 0. The van der Waals surface area contributed by atoms with Gasteiger partial charge in [-0.05, 0) is 80.2 Å². The number of aromatic nitrogens is 2.